The van der Waals surface area contributed by atoms with E-state index in [4.69, 9.17) is 10.8 Å². The van der Waals surface area contributed by atoms with Gasteiger partial charge in [-0.3, -0.25) is 4.79 Å². The second kappa shape index (κ2) is 4.91. The van der Waals surface area contributed by atoms with Crippen LogP contribution in [0.3, 0.4) is 0 Å². The lowest BCUT2D eigenvalue weighted by atomic mass is 10.2. The summed E-state index contributed by atoms with van der Waals surface area (Å²) in [5.74, 6) is -0.496. The molecule has 76 valence electrons. The van der Waals surface area contributed by atoms with Gasteiger partial charge in [-0.05, 0) is 24.3 Å². The van der Waals surface area contributed by atoms with Crippen LogP contribution in [0.1, 0.15) is 6.92 Å². The molecule has 3 N–H and O–H groups in total. The number of carbonyl (C=O) groups is 1. The molecule has 0 aliphatic heterocycles. The maximum atomic E-state index is 10.5. The first-order valence-electron chi connectivity index (χ1n) is 4.30. The molecule has 1 rings (SSSR count). The van der Waals surface area contributed by atoms with Gasteiger partial charge in [0.25, 0.3) is 0 Å². The highest BCUT2D eigenvalue weighted by Crippen LogP contribution is 2.21. The monoisotopic (exact) mass is 211 g/mol. The van der Waals surface area contributed by atoms with Gasteiger partial charge in [-0.25, -0.2) is 0 Å². The fraction of sp³-hybridized carbons (Fsp3) is 0.300. The Balaban J connectivity index is 2.46. The lowest BCUT2D eigenvalue weighted by Crippen LogP contribution is -2.11. The van der Waals surface area contributed by atoms with E-state index in [1.807, 2.05) is 24.3 Å². The van der Waals surface area contributed by atoms with Gasteiger partial charge in [0, 0.05) is 16.3 Å². The number of thioether (sulfide) groups is 1. The van der Waals surface area contributed by atoms with Crippen LogP contribution < -0.4 is 5.73 Å². The third kappa shape index (κ3) is 3.30. The van der Waals surface area contributed by atoms with E-state index in [-0.39, 0.29) is 5.92 Å². The number of rotatable bonds is 4. The van der Waals surface area contributed by atoms with Crippen molar-refractivity contribution < 1.29 is 9.90 Å². The summed E-state index contributed by atoms with van der Waals surface area (Å²) in [6.07, 6.45) is 0. The molecule has 0 bridgehead atoms. The van der Waals surface area contributed by atoms with Crippen molar-refractivity contribution in [3.63, 3.8) is 0 Å². The molecule has 3 nitrogen and oxygen atoms in total. The van der Waals surface area contributed by atoms with Crippen LogP contribution in [0.5, 0.6) is 0 Å². The van der Waals surface area contributed by atoms with Crippen molar-refractivity contribution in [1.29, 1.82) is 0 Å². The van der Waals surface area contributed by atoms with E-state index in [1.54, 1.807) is 6.92 Å². The van der Waals surface area contributed by atoms with Crippen LogP contribution in [0.25, 0.3) is 0 Å². The minimum Gasteiger partial charge on any atom is -0.481 e. The van der Waals surface area contributed by atoms with Gasteiger partial charge in [0.1, 0.15) is 0 Å². The summed E-state index contributed by atoms with van der Waals surface area (Å²) in [6, 6.07) is 7.42. The fourth-order valence-electron chi connectivity index (χ4n) is 0.857. The quantitative estimate of drug-likeness (QED) is 0.591. The van der Waals surface area contributed by atoms with Crippen LogP contribution in [0.2, 0.25) is 0 Å². The molecular formula is C10H13NO2S. The summed E-state index contributed by atoms with van der Waals surface area (Å²) >= 11 is 1.53. The Bertz CT molecular complexity index is 310. The molecule has 4 heteroatoms. The number of nitrogens with two attached hydrogens (primary N) is 1. The number of anilines is 1. The second-order valence-electron chi connectivity index (χ2n) is 3.12. The fourth-order valence-corrected chi connectivity index (χ4v) is 1.77. The predicted octanol–water partition coefficient (Wildman–Crippen LogP) is 2.08. The number of carboxylic acid groups (broad SMARTS) is 1. The average molecular weight is 211 g/mol. The smallest absolute Gasteiger partial charge is 0.307 e. The van der Waals surface area contributed by atoms with E-state index in [9.17, 15) is 4.79 Å². The molecule has 0 radical (unpaired) electrons. The number of benzene rings is 1. The van der Waals surface area contributed by atoms with Crippen LogP contribution in [0, 0.1) is 5.92 Å². The maximum absolute atomic E-state index is 10.5. The van der Waals surface area contributed by atoms with Gasteiger partial charge < -0.3 is 10.8 Å². The summed E-state index contributed by atoms with van der Waals surface area (Å²) in [4.78, 5) is 11.6. The normalized spacial score (nSPS) is 12.4. The summed E-state index contributed by atoms with van der Waals surface area (Å²) in [7, 11) is 0. The number of hydrogen-bond donors (Lipinski definition) is 2. The highest BCUT2D eigenvalue weighted by Gasteiger charge is 2.10. The lowest BCUT2D eigenvalue weighted by molar-refractivity contribution is -0.140. The highest BCUT2D eigenvalue weighted by atomic mass is 32.2. The molecule has 0 saturated carbocycles. The van der Waals surface area contributed by atoms with Crippen molar-refractivity contribution in [3.05, 3.63) is 24.3 Å². The van der Waals surface area contributed by atoms with Crippen molar-refractivity contribution in [1.82, 2.24) is 0 Å². The van der Waals surface area contributed by atoms with Crippen LogP contribution >= 0.6 is 11.8 Å². The molecule has 0 aliphatic carbocycles. The van der Waals surface area contributed by atoms with E-state index in [0.717, 1.165) is 10.6 Å². The summed E-state index contributed by atoms with van der Waals surface area (Å²) < 4.78 is 0. The molecule has 0 amide bonds. The first-order valence-corrected chi connectivity index (χ1v) is 5.29. The van der Waals surface area contributed by atoms with E-state index >= 15 is 0 Å². The van der Waals surface area contributed by atoms with Crippen molar-refractivity contribution in [2.75, 3.05) is 11.5 Å². The molecular weight excluding hydrogens is 198 g/mol. The highest BCUT2D eigenvalue weighted by molar-refractivity contribution is 7.99. The van der Waals surface area contributed by atoms with Crippen molar-refractivity contribution >= 4 is 23.4 Å². The number of hydrogen-bond acceptors (Lipinski definition) is 3. The number of nitrogen functional groups attached to an aromatic ring is 1. The van der Waals surface area contributed by atoms with Crippen LogP contribution in [-0.2, 0) is 4.79 Å². The largest absolute Gasteiger partial charge is 0.481 e. The van der Waals surface area contributed by atoms with Gasteiger partial charge in [-0.15, -0.1) is 11.8 Å². The standard InChI is InChI=1S/C10H13NO2S/c1-7(10(12)13)6-14-9-4-2-8(11)3-5-9/h2-5,7H,6,11H2,1H3,(H,12,13). The van der Waals surface area contributed by atoms with E-state index in [1.165, 1.54) is 11.8 Å². The number of aliphatic carboxylic acids is 1. The Morgan fingerprint density at radius 2 is 2.07 bits per heavy atom. The third-order valence-corrected chi connectivity index (χ3v) is 3.07. The van der Waals surface area contributed by atoms with E-state index in [2.05, 4.69) is 0 Å². The maximum Gasteiger partial charge on any atom is 0.307 e. The van der Waals surface area contributed by atoms with Crippen molar-refractivity contribution in [2.45, 2.75) is 11.8 Å². The van der Waals surface area contributed by atoms with Gasteiger partial charge in [-0.2, -0.15) is 0 Å². The molecule has 1 unspecified atom stereocenters. The molecule has 0 spiro atoms. The summed E-state index contributed by atoms with van der Waals surface area (Å²) in [6.45, 7) is 1.70. The van der Waals surface area contributed by atoms with Gasteiger partial charge >= 0.3 is 5.97 Å². The van der Waals surface area contributed by atoms with Gasteiger partial charge in [0.2, 0.25) is 0 Å². The Kier molecular flexibility index (Phi) is 3.83. The molecule has 0 aromatic heterocycles. The Morgan fingerprint density at radius 3 is 2.57 bits per heavy atom. The molecule has 0 aliphatic rings. The first kappa shape index (κ1) is 10.9. The third-order valence-electron chi connectivity index (χ3n) is 1.80. The predicted molar refractivity (Wildman–Crippen MR) is 58.4 cm³/mol. The Labute approximate surface area is 87.3 Å². The average Bonchev–Trinajstić information content (AvgIpc) is 2.16. The SMILES string of the molecule is CC(CSc1ccc(N)cc1)C(=O)O. The van der Waals surface area contributed by atoms with Crippen LogP contribution in [-0.4, -0.2) is 16.8 Å². The number of carboxylic acids is 1. The minimum absolute atomic E-state index is 0.322. The Morgan fingerprint density at radius 1 is 1.50 bits per heavy atom. The summed E-state index contributed by atoms with van der Waals surface area (Å²) in [5, 5.41) is 8.67. The summed E-state index contributed by atoms with van der Waals surface area (Å²) in [5.41, 5.74) is 6.25. The molecule has 0 fully saturated rings. The van der Waals surface area contributed by atoms with Crippen molar-refractivity contribution in [3.8, 4) is 0 Å². The first-order chi connectivity index (χ1) is 6.59. The molecule has 1 atom stereocenters. The van der Waals surface area contributed by atoms with Gasteiger partial charge in [0.05, 0.1) is 5.92 Å². The second-order valence-corrected chi connectivity index (χ2v) is 4.21. The van der Waals surface area contributed by atoms with E-state index in [0.29, 0.717) is 5.75 Å². The zero-order valence-corrected chi connectivity index (χ0v) is 8.75. The van der Waals surface area contributed by atoms with Crippen molar-refractivity contribution in [2.24, 2.45) is 5.92 Å². The molecule has 0 heterocycles. The molecule has 1 aromatic rings. The Hall–Kier alpha value is -1.16. The molecule has 14 heavy (non-hydrogen) atoms. The topological polar surface area (TPSA) is 63.3 Å². The lowest BCUT2D eigenvalue weighted by Gasteiger charge is -2.05. The van der Waals surface area contributed by atoms with Crippen LogP contribution in [0.15, 0.2) is 29.2 Å². The van der Waals surface area contributed by atoms with Crippen LogP contribution in [0.4, 0.5) is 5.69 Å². The molecule has 0 saturated heterocycles. The molecule has 1 aromatic carbocycles. The van der Waals surface area contributed by atoms with Gasteiger partial charge in [-0.1, -0.05) is 6.92 Å². The van der Waals surface area contributed by atoms with Gasteiger partial charge in [0.15, 0.2) is 0 Å². The zero-order chi connectivity index (χ0) is 10.6. The zero-order valence-electron chi connectivity index (χ0n) is 7.93. The minimum atomic E-state index is -0.757. The van der Waals surface area contributed by atoms with E-state index < -0.39 is 5.97 Å².